The van der Waals surface area contributed by atoms with E-state index in [1.54, 1.807) is 6.92 Å². The largest absolute Gasteiger partial charge is 0.465 e. The van der Waals surface area contributed by atoms with Gasteiger partial charge in [-0.3, -0.25) is 20.3 Å². The van der Waals surface area contributed by atoms with Crippen LogP contribution in [0, 0.1) is 5.41 Å². The number of nitrogens with one attached hydrogen (secondary N) is 2. The van der Waals surface area contributed by atoms with Crippen molar-refractivity contribution < 1.29 is 18.4 Å². The van der Waals surface area contributed by atoms with Crippen LogP contribution < -0.4 is 5.32 Å². The van der Waals surface area contributed by atoms with Gasteiger partial charge in [0, 0.05) is 17.5 Å². The number of carbonyl (C=O) groups excluding carboxylic acids is 2. The van der Waals surface area contributed by atoms with Crippen molar-refractivity contribution in [3.63, 3.8) is 0 Å². The van der Waals surface area contributed by atoms with Gasteiger partial charge in [-0.25, -0.2) is 0 Å². The number of esters is 1. The molecule has 0 bridgehead atoms. The van der Waals surface area contributed by atoms with E-state index in [4.69, 9.17) is 14.3 Å². The molecule has 0 radical (unpaired) electrons. The number of amides is 1. The molecule has 0 heterocycles. The predicted octanol–water partition coefficient (Wildman–Crippen LogP) is 3.48. The number of likely N-dealkylation sites (N-methyl/N-ethyl adjacent to an activating group) is 1. The Hall–Kier alpha value is -1.30. The first-order valence-corrected chi connectivity index (χ1v) is 8.54. The maximum absolute atomic E-state index is 11.9. The third-order valence-electron chi connectivity index (χ3n) is 3.38. The molecule has 2 N–H and O–H groups in total. The van der Waals surface area contributed by atoms with Crippen LogP contribution in [0.25, 0.3) is 0 Å². The smallest absolute Gasteiger partial charge is 0.325 e. The SMILES string of the molecule is Cl.[2H]C([2H])([2H])N(CC(=O)OCC)C(=N)NC(=O)CCCCCCCCCC. The van der Waals surface area contributed by atoms with Crippen LogP contribution in [0.4, 0.5) is 0 Å². The van der Waals surface area contributed by atoms with Gasteiger partial charge in [-0.15, -0.1) is 12.4 Å². The quantitative estimate of drug-likeness (QED) is 0.240. The fourth-order valence-corrected chi connectivity index (χ4v) is 2.10. The Morgan fingerprint density at radius 1 is 1.08 bits per heavy atom. The van der Waals surface area contributed by atoms with Gasteiger partial charge in [0.25, 0.3) is 0 Å². The molecule has 0 aliphatic carbocycles. The molecule has 0 unspecified atom stereocenters. The molecule has 7 heteroatoms. The van der Waals surface area contributed by atoms with Crippen molar-refractivity contribution in [2.45, 2.75) is 71.6 Å². The van der Waals surface area contributed by atoms with E-state index < -0.39 is 31.4 Å². The second kappa shape index (κ2) is 16.6. The van der Waals surface area contributed by atoms with Crippen LogP contribution in [-0.2, 0) is 14.3 Å². The fourth-order valence-electron chi connectivity index (χ4n) is 2.10. The molecule has 0 aliphatic rings. The van der Waals surface area contributed by atoms with Crippen molar-refractivity contribution in [3.8, 4) is 0 Å². The lowest BCUT2D eigenvalue weighted by Crippen LogP contribution is -2.43. The van der Waals surface area contributed by atoms with Crippen LogP contribution in [0.5, 0.6) is 0 Å². The van der Waals surface area contributed by atoms with Crippen molar-refractivity contribution in [3.05, 3.63) is 0 Å². The van der Waals surface area contributed by atoms with Crippen LogP contribution in [0.3, 0.4) is 0 Å². The van der Waals surface area contributed by atoms with Crippen molar-refractivity contribution >= 4 is 30.2 Å². The van der Waals surface area contributed by atoms with Crippen LogP contribution in [0.2, 0.25) is 0 Å². The van der Waals surface area contributed by atoms with Gasteiger partial charge in [-0.2, -0.15) is 0 Å². The minimum Gasteiger partial charge on any atom is -0.465 e. The normalized spacial score (nSPS) is 12.2. The number of halogens is 1. The molecule has 0 aliphatic heterocycles. The first-order valence-electron chi connectivity index (χ1n) is 10.0. The number of ether oxygens (including phenoxy) is 1. The van der Waals surface area contributed by atoms with Crippen LogP contribution in [0.15, 0.2) is 0 Å². The Morgan fingerprint density at radius 2 is 1.67 bits per heavy atom. The number of nitrogens with zero attached hydrogens (tertiary/aromatic N) is 1. The highest BCUT2D eigenvalue weighted by Gasteiger charge is 2.12. The Kier molecular flexibility index (Phi) is 13.1. The molecule has 0 saturated heterocycles. The number of guanidine groups is 1. The number of hydrogen-bond acceptors (Lipinski definition) is 4. The highest BCUT2D eigenvalue weighted by molar-refractivity contribution is 5.96. The summed E-state index contributed by atoms with van der Waals surface area (Å²) in [6, 6.07) is 0. The third kappa shape index (κ3) is 14.3. The molecule has 0 saturated carbocycles. The van der Waals surface area contributed by atoms with Gasteiger partial charge in [0.1, 0.15) is 6.54 Å². The summed E-state index contributed by atoms with van der Waals surface area (Å²) in [6.07, 6.45) is 9.02. The molecule has 0 rings (SSSR count). The van der Waals surface area contributed by atoms with Gasteiger partial charge in [-0.05, 0) is 13.3 Å². The van der Waals surface area contributed by atoms with Gasteiger partial charge < -0.3 is 9.64 Å². The average molecular weight is 367 g/mol. The summed E-state index contributed by atoms with van der Waals surface area (Å²) in [4.78, 5) is 23.9. The molecule has 6 nitrogen and oxygen atoms in total. The first kappa shape index (κ1) is 19.0. The Labute approximate surface area is 156 Å². The average Bonchev–Trinajstić information content (AvgIpc) is 2.54. The number of rotatable bonds is 12. The standard InChI is InChI=1S/C17H33N3O3.ClH/c1-4-6-7-8-9-10-11-12-13-15(21)19-17(18)20(3)14-16(22)23-5-2;/h4-14H2,1-3H3,(H2,18,19,21);1H/i3D3;. The van der Waals surface area contributed by atoms with E-state index in [1.807, 2.05) is 0 Å². The molecular weight excluding hydrogens is 330 g/mol. The monoisotopic (exact) mass is 366 g/mol. The molecule has 24 heavy (non-hydrogen) atoms. The summed E-state index contributed by atoms with van der Waals surface area (Å²) in [5, 5.41) is 10.0. The van der Waals surface area contributed by atoms with Crippen molar-refractivity contribution in [2.24, 2.45) is 0 Å². The molecule has 142 valence electrons. The number of hydrogen-bond donors (Lipinski definition) is 2. The Morgan fingerprint density at radius 3 is 2.21 bits per heavy atom. The summed E-state index contributed by atoms with van der Waals surface area (Å²) < 4.78 is 26.9. The maximum Gasteiger partial charge on any atom is 0.325 e. The fraction of sp³-hybridized carbons (Fsp3) is 0.824. The molecule has 0 aromatic rings. The lowest BCUT2D eigenvalue weighted by Gasteiger charge is -2.19. The van der Waals surface area contributed by atoms with Crippen LogP contribution >= 0.6 is 12.4 Å². The summed E-state index contributed by atoms with van der Waals surface area (Å²) in [7, 11) is 0. The molecule has 1 amide bonds. The zero-order valence-corrected chi connectivity index (χ0v) is 15.7. The first-order chi connectivity index (χ1) is 12.2. The molecular formula is C17H34ClN3O3. The van der Waals surface area contributed by atoms with E-state index in [9.17, 15) is 9.59 Å². The Bertz CT molecular complexity index is 449. The highest BCUT2D eigenvalue weighted by Crippen LogP contribution is 2.09. The molecule has 0 atom stereocenters. The van der Waals surface area contributed by atoms with Crippen molar-refractivity contribution in [1.82, 2.24) is 10.2 Å². The minimum absolute atomic E-state index is 0. The third-order valence-corrected chi connectivity index (χ3v) is 3.38. The van der Waals surface area contributed by atoms with E-state index in [-0.39, 0.29) is 25.4 Å². The van der Waals surface area contributed by atoms with E-state index in [0.717, 1.165) is 19.3 Å². The van der Waals surface area contributed by atoms with E-state index in [1.165, 1.54) is 25.7 Å². The topological polar surface area (TPSA) is 82.5 Å². The van der Waals surface area contributed by atoms with Gasteiger partial charge in [0.2, 0.25) is 5.91 Å². The van der Waals surface area contributed by atoms with E-state index >= 15 is 0 Å². The molecule has 0 aromatic carbocycles. The van der Waals surface area contributed by atoms with Gasteiger partial charge in [-0.1, -0.05) is 51.9 Å². The van der Waals surface area contributed by atoms with Crippen LogP contribution in [-0.4, -0.2) is 42.9 Å². The second-order valence-electron chi connectivity index (χ2n) is 5.51. The molecule has 0 aromatic heterocycles. The van der Waals surface area contributed by atoms with Gasteiger partial charge in [0.05, 0.1) is 6.61 Å². The summed E-state index contributed by atoms with van der Waals surface area (Å²) in [5.74, 6) is -1.78. The van der Waals surface area contributed by atoms with Gasteiger partial charge >= 0.3 is 5.97 Å². The van der Waals surface area contributed by atoms with E-state index in [0.29, 0.717) is 11.3 Å². The van der Waals surface area contributed by atoms with E-state index in [2.05, 4.69) is 12.2 Å². The lowest BCUT2D eigenvalue weighted by molar-refractivity contribution is -0.143. The minimum atomic E-state index is -2.71. The molecule has 0 spiro atoms. The van der Waals surface area contributed by atoms with Crippen LogP contribution in [0.1, 0.15) is 75.7 Å². The number of carbonyl (C=O) groups is 2. The maximum atomic E-state index is 11.9. The summed E-state index contributed by atoms with van der Waals surface area (Å²) in [5.41, 5.74) is 0. The summed E-state index contributed by atoms with van der Waals surface area (Å²) >= 11 is 0. The van der Waals surface area contributed by atoms with Crippen molar-refractivity contribution in [1.29, 1.82) is 5.41 Å². The summed E-state index contributed by atoms with van der Waals surface area (Å²) in [6.45, 7) is 0.577. The van der Waals surface area contributed by atoms with Gasteiger partial charge in [0.15, 0.2) is 5.96 Å². The Balaban J connectivity index is 0. The van der Waals surface area contributed by atoms with Crippen molar-refractivity contribution in [2.75, 3.05) is 20.1 Å². The second-order valence-corrected chi connectivity index (χ2v) is 5.51. The number of unbranched alkanes of at least 4 members (excludes halogenated alkanes) is 7. The highest BCUT2D eigenvalue weighted by atomic mass is 35.5. The zero-order chi connectivity index (χ0) is 20.0. The lowest BCUT2D eigenvalue weighted by atomic mass is 10.1. The predicted molar refractivity (Wildman–Crippen MR) is 99.6 cm³/mol. The molecule has 0 fully saturated rings. The zero-order valence-electron chi connectivity index (χ0n) is 17.9.